The van der Waals surface area contributed by atoms with Crippen molar-refractivity contribution in [3.05, 3.63) is 18.2 Å². The van der Waals surface area contributed by atoms with Gasteiger partial charge in [-0.25, -0.2) is 0 Å². The topological polar surface area (TPSA) is 165 Å². The summed E-state index contributed by atoms with van der Waals surface area (Å²) in [5.74, 6) is -0.111. The van der Waals surface area contributed by atoms with Gasteiger partial charge in [0.05, 0.1) is 16.0 Å². The average molecular weight is 348 g/mol. The van der Waals surface area contributed by atoms with Crippen molar-refractivity contribution in [1.29, 1.82) is 0 Å². The molecule has 1 heterocycles. The lowest BCUT2D eigenvalue weighted by atomic mass is 10.1. The van der Waals surface area contributed by atoms with E-state index >= 15 is 0 Å². The Morgan fingerprint density at radius 3 is 2.09 bits per heavy atom. The molecule has 2 aromatic carbocycles. The fourth-order valence-electron chi connectivity index (χ4n) is 2.09. The normalized spacial score (nSPS) is 14.5. The third-order valence-corrected chi connectivity index (χ3v) is 4.74. The van der Waals surface area contributed by atoms with Gasteiger partial charge in [-0.15, -0.1) is 0 Å². The Morgan fingerprint density at radius 2 is 1.55 bits per heavy atom. The second-order valence-electron chi connectivity index (χ2n) is 4.37. The summed E-state index contributed by atoms with van der Waals surface area (Å²) in [6.45, 7) is 0. The van der Waals surface area contributed by atoms with E-state index in [2.05, 4.69) is 0 Å². The average Bonchev–Trinajstić information content (AvgIpc) is 2.40. The van der Waals surface area contributed by atoms with Gasteiger partial charge in [-0.2, -0.15) is 16.8 Å². The van der Waals surface area contributed by atoms with Gasteiger partial charge < -0.3 is 15.4 Å². The van der Waals surface area contributed by atoms with E-state index in [4.69, 9.17) is 20.0 Å². The Morgan fingerprint density at radius 1 is 0.955 bits per heavy atom. The summed E-state index contributed by atoms with van der Waals surface area (Å²) < 4.78 is 63.6. The van der Waals surface area contributed by atoms with Crippen LogP contribution in [0.1, 0.15) is 0 Å². The Kier molecular flexibility index (Phi) is 2.99. The van der Waals surface area contributed by atoms with E-state index in [-0.39, 0.29) is 22.3 Å². The van der Waals surface area contributed by atoms with Gasteiger partial charge in [0.1, 0.15) is 4.90 Å². The highest BCUT2D eigenvalue weighted by Crippen LogP contribution is 2.43. The highest BCUT2D eigenvalue weighted by molar-refractivity contribution is 7.86. The van der Waals surface area contributed by atoms with E-state index in [9.17, 15) is 21.4 Å². The van der Waals surface area contributed by atoms with Crippen molar-refractivity contribution in [3.63, 3.8) is 0 Å². The van der Waals surface area contributed by atoms with Gasteiger partial charge in [0.15, 0.2) is 11.5 Å². The molecule has 0 amide bonds. The molecular weight excluding hydrogens is 340 g/mol. The standard InChI is InChI=1S/C10H8N2O8S2/c11-10-5-1-4(21(13,14)15)2-6-9(5)7(20-12-19-6)3-8(10)22(16,17)18/h1-3,12H,11H2,(H,13,14,15)(H,16,17,18). The zero-order chi connectivity index (χ0) is 16.3. The third-order valence-electron chi connectivity index (χ3n) is 3.02. The molecule has 0 radical (unpaired) electrons. The zero-order valence-corrected chi connectivity index (χ0v) is 12.1. The molecule has 12 heteroatoms. The first-order valence-electron chi connectivity index (χ1n) is 5.53. The summed E-state index contributed by atoms with van der Waals surface area (Å²) in [5, 5.41) is 0.0906. The van der Waals surface area contributed by atoms with Crippen molar-refractivity contribution in [2.45, 2.75) is 9.79 Å². The van der Waals surface area contributed by atoms with Crippen LogP contribution in [0.25, 0.3) is 10.8 Å². The van der Waals surface area contributed by atoms with Crippen LogP contribution in [0.15, 0.2) is 28.0 Å². The Balaban J connectivity index is 2.53. The molecule has 0 atom stereocenters. The van der Waals surface area contributed by atoms with Crippen LogP contribution in [0.2, 0.25) is 0 Å². The first-order valence-corrected chi connectivity index (χ1v) is 8.41. The number of hydrogen-bond donors (Lipinski definition) is 4. The predicted molar refractivity (Wildman–Crippen MR) is 72.4 cm³/mol. The lowest BCUT2D eigenvalue weighted by Crippen LogP contribution is -2.26. The second-order valence-corrected chi connectivity index (χ2v) is 7.18. The Hall–Kier alpha value is -2.12. The molecule has 0 fully saturated rings. The summed E-state index contributed by atoms with van der Waals surface area (Å²) in [7, 11) is -9.28. The van der Waals surface area contributed by atoms with E-state index < -0.39 is 35.7 Å². The molecular formula is C10H8N2O8S2. The molecule has 0 unspecified atom stereocenters. The van der Waals surface area contributed by atoms with E-state index in [0.29, 0.717) is 0 Å². The van der Waals surface area contributed by atoms with Crippen molar-refractivity contribution >= 4 is 36.7 Å². The van der Waals surface area contributed by atoms with E-state index in [1.165, 1.54) is 0 Å². The van der Waals surface area contributed by atoms with Crippen molar-refractivity contribution in [2.24, 2.45) is 0 Å². The van der Waals surface area contributed by atoms with Crippen molar-refractivity contribution in [2.75, 3.05) is 5.73 Å². The van der Waals surface area contributed by atoms with Crippen molar-refractivity contribution < 1.29 is 35.6 Å². The molecule has 0 saturated carbocycles. The summed E-state index contributed by atoms with van der Waals surface area (Å²) in [6, 6.07) is 2.90. The molecule has 3 rings (SSSR count). The van der Waals surface area contributed by atoms with Gasteiger partial charge in [-0.3, -0.25) is 9.11 Å². The SMILES string of the molecule is Nc1c(S(=O)(=O)O)cc2c3c(cc(S(=O)(=O)O)cc13)ONO2. The van der Waals surface area contributed by atoms with Crippen LogP contribution in [-0.4, -0.2) is 25.9 Å². The molecule has 0 aliphatic carbocycles. The number of nitrogens with two attached hydrogens (primary N) is 1. The molecule has 0 bridgehead atoms. The number of anilines is 1. The molecule has 5 N–H and O–H groups in total. The number of rotatable bonds is 2. The lowest BCUT2D eigenvalue weighted by molar-refractivity contribution is -0.0256. The van der Waals surface area contributed by atoms with Gasteiger partial charge in [0.2, 0.25) is 0 Å². The monoisotopic (exact) mass is 348 g/mol. The minimum Gasteiger partial charge on any atom is -0.397 e. The van der Waals surface area contributed by atoms with Crippen LogP contribution in [0.4, 0.5) is 5.69 Å². The highest BCUT2D eigenvalue weighted by Gasteiger charge is 2.27. The summed E-state index contributed by atoms with van der Waals surface area (Å²) >= 11 is 0. The zero-order valence-electron chi connectivity index (χ0n) is 10.5. The summed E-state index contributed by atoms with van der Waals surface area (Å²) in [4.78, 5) is 8.56. The maximum absolute atomic E-state index is 11.4. The quantitative estimate of drug-likeness (QED) is 0.432. The van der Waals surface area contributed by atoms with Crippen molar-refractivity contribution in [3.8, 4) is 11.5 Å². The predicted octanol–water partition coefficient (Wildman–Crippen LogP) is 0.106. The third kappa shape index (κ3) is 2.22. The van der Waals surface area contributed by atoms with Gasteiger partial charge in [0, 0.05) is 23.2 Å². The fourth-order valence-corrected chi connectivity index (χ4v) is 3.26. The van der Waals surface area contributed by atoms with Crippen LogP contribution in [0, 0.1) is 0 Å². The smallest absolute Gasteiger partial charge is 0.296 e. The van der Waals surface area contributed by atoms with Gasteiger partial charge in [-0.05, 0) is 6.07 Å². The van der Waals surface area contributed by atoms with Gasteiger partial charge in [0.25, 0.3) is 20.2 Å². The number of nitrogen functional groups attached to an aromatic ring is 1. The van der Waals surface area contributed by atoms with E-state index in [1.54, 1.807) is 0 Å². The van der Waals surface area contributed by atoms with E-state index in [1.807, 2.05) is 5.64 Å². The molecule has 118 valence electrons. The molecule has 1 aliphatic rings. The second kappa shape index (κ2) is 4.44. The molecule has 2 aromatic rings. The minimum atomic E-state index is -4.68. The van der Waals surface area contributed by atoms with Crippen LogP contribution in [0.5, 0.6) is 11.5 Å². The Bertz CT molecular complexity index is 1000. The maximum atomic E-state index is 11.4. The van der Waals surface area contributed by atoms with Crippen molar-refractivity contribution in [1.82, 2.24) is 5.64 Å². The van der Waals surface area contributed by atoms with Crippen LogP contribution < -0.4 is 21.1 Å². The van der Waals surface area contributed by atoms with E-state index in [0.717, 1.165) is 18.2 Å². The number of nitrogens with one attached hydrogen (secondary N) is 1. The number of hydrogen-bond acceptors (Lipinski definition) is 8. The molecule has 22 heavy (non-hydrogen) atoms. The van der Waals surface area contributed by atoms with Crippen LogP contribution >= 0.6 is 0 Å². The maximum Gasteiger partial charge on any atom is 0.296 e. The first-order chi connectivity index (χ1) is 10.1. The first kappa shape index (κ1) is 14.8. The van der Waals surface area contributed by atoms with Gasteiger partial charge >= 0.3 is 0 Å². The van der Waals surface area contributed by atoms with Gasteiger partial charge in [-0.1, -0.05) is 0 Å². The lowest BCUT2D eigenvalue weighted by Gasteiger charge is -2.21. The molecule has 10 nitrogen and oxygen atoms in total. The highest BCUT2D eigenvalue weighted by atomic mass is 32.2. The molecule has 0 spiro atoms. The Labute approximate surface area is 123 Å². The van der Waals surface area contributed by atoms with Crippen LogP contribution in [0.3, 0.4) is 0 Å². The van der Waals surface area contributed by atoms with Crippen LogP contribution in [-0.2, 0) is 20.2 Å². The number of benzene rings is 2. The molecule has 1 aliphatic heterocycles. The largest absolute Gasteiger partial charge is 0.397 e. The summed E-state index contributed by atoms with van der Waals surface area (Å²) in [6.07, 6.45) is 0. The molecule has 0 aromatic heterocycles. The molecule has 0 saturated heterocycles. The fraction of sp³-hybridized carbons (Fsp3) is 0. The minimum absolute atomic E-state index is 0.0556. The summed E-state index contributed by atoms with van der Waals surface area (Å²) in [5.41, 5.74) is 7.26.